The number of allylic oxidation sites excluding steroid dienone is 2. The molecule has 0 heterocycles. The fourth-order valence-corrected chi connectivity index (χ4v) is 2.62. The van der Waals surface area contributed by atoms with Gasteiger partial charge in [-0.05, 0) is 23.3 Å². The highest BCUT2D eigenvalue weighted by Gasteiger charge is 2.59. The maximum atomic E-state index is 11.9. The molecule has 1 aliphatic rings. The van der Waals surface area contributed by atoms with Gasteiger partial charge in [0, 0.05) is 15.5 Å². The number of methoxy groups -OCH3 is 1. The molecule has 1 aromatic rings. The Kier molecular flexibility index (Phi) is 4.24. The molecule has 0 amide bonds. The molecule has 2 unspecified atom stereocenters. The minimum Gasteiger partial charge on any atom is -0.463 e. The molecular formula is C14H12BrNO5. The van der Waals surface area contributed by atoms with Crippen molar-refractivity contribution in [3.8, 4) is 0 Å². The van der Waals surface area contributed by atoms with Gasteiger partial charge in [-0.1, -0.05) is 40.2 Å². The predicted octanol–water partition coefficient (Wildman–Crippen LogP) is 1.95. The van der Waals surface area contributed by atoms with E-state index in [0.717, 1.165) is 17.7 Å². The molecule has 1 aromatic carbocycles. The number of aliphatic hydroxyl groups is 1. The zero-order valence-electron chi connectivity index (χ0n) is 11.0. The van der Waals surface area contributed by atoms with Crippen molar-refractivity contribution in [3.05, 3.63) is 62.6 Å². The Balaban J connectivity index is 2.53. The highest BCUT2D eigenvalue weighted by molar-refractivity contribution is 9.10. The van der Waals surface area contributed by atoms with E-state index < -0.39 is 22.5 Å². The van der Waals surface area contributed by atoms with Crippen LogP contribution in [0.2, 0.25) is 0 Å². The van der Waals surface area contributed by atoms with Crippen molar-refractivity contribution < 1.29 is 19.6 Å². The van der Waals surface area contributed by atoms with Gasteiger partial charge in [0.05, 0.1) is 7.11 Å². The first kappa shape index (κ1) is 15.4. The van der Waals surface area contributed by atoms with E-state index in [1.165, 1.54) is 12.2 Å². The van der Waals surface area contributed by atoms with Crippen LogP contribution in [0.25, 0.3) is 5.57 Å². The van der Waals surface area contributed by atoms with Crippen molar-refractivity contribution in [2.75, 3.05) is 7.11 Å². The number of rotatable bonds is 3. The second-order valence-corrected chi connectivity index (χ2v) is 5.38. The number of nitrogens with zero attached hydrogens (tertiary/aromatic N) is 1. The zero-order chi connectivity index (χ0) is 15.6. The topological polar surface area (TPSA) is 89.7 Å². The Bertz CT molecular complexity index is 655. The van der Waals surface area contributed by atoms with Gasteiger partial charge in [0.1, 0.15) is 0 Å². The van der Waals surface area contributed by atoms with Gasteiger partial charge < -0.3 is 9.84 Å². The maximum Gasteiger partial charge on any atom is 0.392 e. The number of carbonyl (C=O) groups excluding carboxylic acids is 1. The van der Waals surface area contributed by atoms with Gasteiger partial charge in [0.2, 0.25) is 0 Å². The van der Waals surface area contributed by atoms with Crippen molar-refractivity contribution in [3.63, 3.8) is 0 Å². The monoisotopic (exact) mass is 353 g/mol. The van der Waals surface area contributed by atoms with Crippen molar-refractivity contribution in [1.29, 1.82) is 0 Å². The fourth-order valence-electron chi connectivity index (χ4n) is 2.22. The molecule has 1 N–H and O–H groups in total. The third-order valence-corrected chi connectivity index (χ3v) is 3.80. The van der Waals surface area contributed by atoms with Crippen molar-refractivity contribution in [1.82, 2.24) is 0 Å². The van der Waals surface area contributed by atoms with E-state index in [2.05, 4.69) is 20.7 Å². The number of esters is 1. The van der Waals surface area contributed by atoms with Crippen LogP contribution in [0.15, 0.2) is 47.0 Å². The van der Waals surface area contributed by atoms with Crippen LogP contribution in [0, 0.1) is 10.1 Å². The Morgan fingerprint density at radius 1 is 1.52 bits per heavy atom. The number of nitro groups is 1. The lowest BCUT2D eigenvalue weighted by molar-refractivity contribution is -0.549. The second-order valence-electron chi connectivity index (χ2n) is 4.47. The minimum atomic E-state index is -2.33. The lowest BCUT2D eigenvalue weighted by Crippen LogP contribution is -2.56. The smallest absolute Gasteiger partial charge is 0.392 e. The average molecular weight is 354 g/mol. The molecule has 0 aliphatic heterocycles. The van der Waals surface area contributed by atoms with Crippen molar-refractivity contribution >= 4 is 27.5 Å². The first-order chi connectivity index (χ1) is 9.93. The lowest BCUT2D eigenvalue weighted by Gasteiger charge is -2.28. The number of ether oxygens (including phenoxy) is 1. The molecule has 2 atom stereocenters. The van der Waals surface area contributed by atoms with Gasteiger partial charge >= 0.3 is 11.5 Å². The van der Waals surface area contributed by atoms with Crippen LogP contribution < -0.4 is 0 Å². The summed E-state index contributed by atoms with van der Waals surface area (Å²) in [5.74, 6) is -1.11. The maximum absolute atomic E-state index is 11.9. The fraction of sp³-hybridized carbons (Fsp3) is 0.214. The van der Waals surface area contributed by atoms with Crippen molar-refractivity contribution in [2.45, 2.75) is 11.6 Å². The summed E-state index contributed by atoms with van der Waals surface area (Å²) in [6.45, 7) is 0. The number of aliphatic hydroxyl groups excluding tert-OH is 1. The summed E-state index contributed by atoms with van der Waals surface area (Å²) in [7, 11) is 1.05. The largest absolute Gasteiger partial charge is 0.463 e. The van der Waals surface area contributed by atoms with Crippen molar-refractivity contribution in [2.24, 2.45) is 0 Å². The Hall–Kier alpha value is -1.99. The van der Waals surface area contributed by atoms with E-state index in [4.69, 9.17) is 0 Å². The highest BCUT2D eigenvalue weighted by Crippen LogP contribution is 2.34. The highest BCUT2D eigenvalue weighted by atomic mass is 79.9. The van der Waals surface area contributed by atoms with E-state index >= 15 is 0 Å². The molecule has 1 aliphatic carbocycles. The number of hydrogen-bond donors (Lipinski definition) is 1. The average Bonchev–Trinajstić information content (AvgIpc) is 2.46. The molecule has 7 heteroatoms. The van der Waals surface area contributed by atoms with Gasteiger partial charge in [-0.15, -0.1) is 0 Å². The molecule has 0 spiro atoms. The third kappa shape index (κ3) is 2.50. The summed E-state index contributed by atoms with van der Waals surface area (Å²) < 4.78 is 5.26. The van der Waals surface area contributed by atoms with Gasteiger partial charge in [0.25, 0.3) is 0 Å². The van der Waals surface area contributed by atoms with Crippen LogP contribution in [0.5, 0.6) is 0 Å². The van der Waals surface area contributed by atoms with Crippen LogP contribution in [0.1, 0.15) is 5.56 Å². The van der Waals surface area contributed by atoms with E-state index in [0.29, 0.717) is 5.56 Å². The van der Waals surface area contributed by atoms with E-state index in [1.807, 2.05) is 0 Å². The van der Waals surface area contributed by atoms with Crippen LogP contribution in [-0.2, 0) is 9.53 Å². The number of carbonyl (C=O) groups is 1. The van der Waals surface area contributed by atoms with Crippen LogP contribution >= 0.6 is 15.9 Å². The van der Waals surface area contributed by atoms with Crippen LogP contribution in [0.4, 0.5) is 0 Å². The summed E-state index contributed by atoms with van der Waals surface area (Å²) in [4.78, 5) is 22.4. The second kappa shape index (κ2) is 5.79. The molecule has 0 saturated carbocycles. The van der Waals surface area contributed by atoms with E-state index in [1.54, 1.807) is 24.3 Å². The SMILES string of the molecule is COC(=O)C1([N+](=O)[O-])C=CC=C(c2cccc(Br)c2)C1O. The first-order valence-electron chi connectivity index (χ1n) is 6.00. The zero-order valence-corrected chi connectivity index (χ0v) is 12.6. The molecule has 2 rings (SSSR count). The molecule has 0 radical (unpaired) electrons. The molecule has 110 valence electrons. The minimum absolute atomic E-state index is 0.279. The normalized spacial score (nSPS) is 24.3. The van der Waals surface area contributed by atoms with E-state index in [-0.39, 0.29) is 5.57 Å². The Morgan fingerprint density at radius 3 is 2.81 bits per heavy atom. The summed E-state index contributed by atoms with van der Waals surface area (Å²) in [6, 6.07) is 6.92. The standard InChI is InChI=1S/C14H12BrNO5/c1-21-13(18)14(16(19)20)7-3-6-11(12(14)17)9-4-2-5-10(15)8-9/h2-8,12,17H,1H3. The Morgan fingerprint density at radius 2 is 2.24 bits per heavy atom. The van der Waals surface area contributed by atoms with Gasteiger partial charge in [-0.3, -0.25) is 10.1 Å². The molecular weight excluding hydrogens is 342 g/mol. The predicted molar refractivity (Wildman–Crippen MR) is 79.0 cm³/mol. The summed E-state index contributed by atoms with van der Waals surface area (Å²) in [6.07, 6.45) is 2.32. The summed E-state index contributed by atoms with van der Waals surface area (Å²) in [5, 5.41) is 21.8. The van der Waals surface area contributed by atoms with Crippen LogP contribution in [-0.4, -0.2) is 34.8 Å². The third-order valence-electron chi connectivity index (χ3n) is 3.31. The number of hydrogen-bond acceptors (Lipinski definition) is 5. The molecule has 0 aromatic heterocycles. The molecule has 0 bridgehead atoms. The lowest BCUT2D eigenvalue weighted by atomic mass is 9.81. The van der Waals surface area contributed by atoms with Crippen LogP contribution in [0.3, 0.4) is 0 Å². The Labute approximate surface area is 129 Å². The van der Waals surface area contributed by atoms with Gasteiger partial charge in [0.15, 0.2) is 6.10 Å². The molecule has 0 fully saturated rings. The quantitative estimate of drug-likeness (QED) is 0.509. The van der Waals surface area contributed by atoms with Gasteiger partial charge in [-0.2, -0.15) is 0 Å². The molecule has 21 heavy (non-hydrogen) atoms. The van der Waals surface area contributed by atoms with E-state index in [9.17, 15) is 20.0 Å². The molecule has 0 saturated heterocycles. The first-order valence-corrected chi connectivity index (χ1v) is 6.79. The summed E-state index contributed by atoms with van der Waals surface area (Å²) in [5.41, 5.74) is -1.47. The number of halogens is 1. The van der Waals surface area contributed by atoms with Gasteiger partial charge in [-0.25, -0.2) is 4.79 Å². The molecule has 6 nitrogen and oxygen atoms in total. The summed E-state index contributed by atoms with van der Waals surface area (Å²) >= 11 is 3.30. The number of benzene rings is 1.